The largest absolute Gasteiger partial charge is 0.493 e. The molecule has 2 N–H and O–H groups in total. The number of nitrogens with zero attached hydrogens (tertiary/aromatic N) is 3. The van der Waals surface area contributed by atoms with E-state index >= 15 is 0 Å². The molecule has 2 amide bonds. The third-order valence-corrected chi connectivity index (χ3v) is 6.75. The quantitative estimate of drug-likeness (QED) is 0.0629. The zero-order valence-electron chi connectivity index (χ0n) is 28.2. The van der Waals surface area contributed by atoms with E-state index in [1.807, 2.05) is 6.92 Å². The molecule has 0 radical (unpaired) electrons. The number of rotatable bonds is 12. The van der Waals surface area contributed by atoms with Crippen LogP contribution in [0.1, 0.15) is 47.1 Å². The Morgan fingerprint density at radius 3 is 1.56 bits per heavy atom. The minimum absolute atomic E-state index is 0.0595. The van der Waals surface area contributed by atoms with Crippen LogP contribution >= 0.6 is 0 Å². The van der Waals surface area contributed by atoms with E-state index in [0.29, 0.717) is 29.5 Å². The van der Waals surface area contributed by atoms with E-state index in [0.717, 1.165) is 5.56 Å². The summed E-state index contributed by atoms with van der Waals surface area (Å²) in [5.41, 5.74) is 9.14. The first-order chi connectivity index (χ1) is 22.5. The fraction of sp³-hybridized carbons (Fsp3) is 0.394. The molecule has 3 aromatic carbocycles. The number of hydrogen-bond donors (Lipinski definition) is 2. The molecule has 14 nitrogen and oxygen atoms in total. The van der Waals surface area contributed by atoms with Crippen LogP contribution in [0, 0.1) is 6.92 Å². The van der Waals surface area contributed by atoms with Gasteiger partial charge in [0.05, 0.1) is 18.0 Å². The Morgan fingerprint density at radius 2 is 1.15 bits per heavy atom. The van der Waals surface area contributed by atoms with Gasteiger partial charge in [0.2, 0.25) is 0 Å². The molecule has 48 heavy (non-hydrogen) atoms. The fourth-order valence-corrected chi connectivity index (χ4v) is 4.33. The molecule has 0 fully saturated rings. The molecule has 15 heteroatoms. The van der Waals surface area contributed by atoms with Gasteiger partial charge in [0.15, 0.2) is 0 Å². The highest BCUT2D eigenvalue weighted by molar-refractivity contribution is 7.86. The number of ether oxygens (including phenoxy) is 4. The first-order valence-corrected chi connectivity index (χ1v) is 16.3. The van der Waals surface area contributed by atoms with Crippen LogP contribution in [0.3, 0.4) is 0 Å². The monoisotopic (exact) mass is 685 g/mol. The van der Waals surface area contributed by atoms with E-state index in [9.17, 15) is 18.0 Å². The van der Waals surface area contributed by atoms with Gasteiger partial charge in [0, 0.05) is 16.3 Å². The van der Waals surface area contributed by atoms with E-state index in [-0.39, 0.29) is 24.7 Å². The van der Waals surface area contributed by atoms with Crippen molar-refractivity contribution in [3.63, 3.8) is 0 Å². The molecule has 0 aromatic heterocycles. The summed E-state index contributed by atoms with van der Waals surface area (Å²) < 4.78 is 50.2. The lowest BCUT2D eigenvalue weighted by Crippen LogP contribution is -2.27. The molecular formula is C33H43N5O9S. The molecule has 0 atom stereocenters. The van der Waals surface area contributed by atoms with Gasteiger partial charge in [-0.05, 0) is 115 Å². The number of hydrogen-bond acceptors (Lipinski definition) is 10. The van der Waals surface area contributed by atoms with Crippen molar-refractivity contribution in [1.82, 2.24) is 0 Å². The number of amides is 2. The van der Waals surface area contributed by atoms with E-state index in [4.69, 9.17) is 28.7 Å². The third kappa shape index (κ3) is 16.5. The van der Waals surface area contributed by atoms with Crippen LogP contribution in [0.25, 0.3) is 10.4 Å². The molecule has 0 saturated heterocycles. The Morgan fingerprint density at radius 1 is 0.708 bits per heavy atom. The van der Waals surface area contributed by atoms with Crippen molar-refractivity contribution in [3.05, 3.63) is 88.8 Å². The number of benzene rings is 3. The third-order valence-electron chi connectivity index (χ3n) is 5.42. The highest BCUT2D eigenvalue weighted by atomic mass is 32.2. The SMILES string of the molecule is CC(C)(C)OC(=O)Nc1ccc(OCCN=[N+]=[N-])cc1.Cc1ccc(S(=O)(=O)OCCOc2ccc(NC(=O)OC(C)(C)C)cc2)cc1. The molecule has 0 spiro atoms. The highest BCUT2D eigenvalue weighted by Crippen LogP contribution is 2.19. The maximum atomic E-state index is 12.1. The summed E-state index contributed by atoms with van der Waals surface area (Å²) in [4.78, 5) is 26.0. The molecule has 0 heterocycles. The number of carbonyl (C=O) groups excluding carboxylic acids is 2. The van der Waals surface area contributed by atoms with Crippen molar-refractivity contribution in [3.8, 4) is 11.5 Å². The first-order valence-electron chi connectivity index (χ1n) is 14.9. The maximum Gasteiger partial charge on any atom is 0.412 e. The second-order valence-electron chi connectivity index (χ2n) is 12.0. The van der Waals surface area contributed by atoms with E-state index < -0.39 is 33.5 Å². The Balaban J connectivity index is 0.000000353. The topological polar surface area (TPSA) is 187 Å². The van der Waals surface area contributed by atoms with Gasteiger partial charge in [-0.1, -0.05) is 22.8 Å². The molecule has 260 valence electrons. The predicted octanol–water partition coefficient (Wildman–Crippen LogP) is 7.85. The second kappa shape index (κ2) is 18.4. The predicted molar refractivity (Wildman–Crippen MR) is 182 cm³/mol. The van der Waals surface area contributed by atoms with E-state index in [1.54, 1.807) is 102 Å². The molecule has 3 aromatic rings. The summed E-state index contributed by atoms with van der Waals surface area (Å²) in [7, 11) is -3.81. The lowest BCUT2D eigenvalue weighted by Gasteiger charge is -2.19. The molecule has 0 bridgehead atoms. The summed E-state index contributed by atoms with van der Waals surface area (Å²) >= 11 is 0. The Hall–Kier alpha value is -4.98. The highest BCUT2D eigenvalue weighted by Gasteiger charge is 2.17. The second-order valence-corrected chi connectivity index (χ2v) is 13.7. The average molecular weight is 686 g/mol. The number of aryl methyl sites for hydroxylation is 1. The first kappa shape index (κ1) is 39.2. The number of nitrogens with one attached hydrogen (secondary N) is 2. The summed E-state index contributed by atoms with van der Waals surface area (Å²) in [6, 6.07) is 19.9. The fourth-order valence-electron chi connectivity index (χ4n) is 3.44. The van der Waals surface area contributed by atoms with Crippen LogP contribution in [-0.4, -0.2) is 58.2 Å². The van der Waals surface area contributed by atoms with Crippen molar-refractivity contribution in [1.29, 1.82) is 0 Å². The Kier molecular flexibility index (Phi) is 15.0. The van der Waals surface area contributed by atoms with Crippen molar-refractivity contribution >= 4 is 33.7 Å². The van der Waals surface area contributed by atoms with E-state index in [2.05, 4.69) is 20.7 Å². The zero-order valence-corrected chi connectivity index (χ0v) is 29.0. The standard InChI is InChI=1S/C20H25NO6S.C13H18N4O3/c1-15-5-11-18(12-6-15)28(23,24)26-14-13-25-17-9-7-16(8-10-17)21-19(22)27-20(2,3)4;1-13(2,3)20-12(18)16-10-4-6-11(7-5-10)19-9-8-15-17-14/h5-12H,13-14H2,1-4H3,(H,21,22);4-7H,8-9H2,1-3H3,(H,16,18). The maximum absolute atomic E-state index is 12.1. The number of azide groups is 1. The smallest absolute Gasteiger partial charge is 0.412 e. The van der Waals surface area contributed by atoms with Gasteiger partial charge in [0.25, 0.3) is 10.1 Å². The van der Waals surface area contributed by atoms with Gasteiger partial charge in [-0.3, -0.25) is 14.8 Å². The number of carbonyl (C=O) groups is 2. The minimum atomic E-state index is -3.81. The summed E-state index contributed by atoms with van der Waals surface area (Å²) in [5, 5.41) is 8.59. The van der Waals surface area contributed by atoms with Crippen LogP contribution in [0.4, 0.5) is 21.0 Å². The Bertz CT molecular complexity index is 1610. The molecular weight excluding hydrogens is 642 g/mol. The molecule has 0 saturated carbocycles. The van der Waals surface area contributed by atoms with Gasteiger partial charge in [-0.2, -0.15) is 8.42 Å². The Labute approximate surface area is 281 Å². The van der Waals surface area contributed by atoms with Crippen molar-refractivity contribution in [2.75, 3.05) is 37.0 Å². The average Bonchev–Trinajstić information content (AvgIpc) is 2.98. The lowest BCUT2D eigenvalue weighted by atomic mass is 10.2. The lowest BCUT2D eigenvalue weighted by molar-refractivity contribution is 0.0624. The molecule has 0 aliphatic heterocycles. The van der Waals surface area contributed by atoms with E-state index in [1.165, 1.54) is 12.1 Å². The molecule has 0 aliphatic rings. The van der Waals surface area contributed by atoms with Crippen LogP contribution in [-0.2, 0) is 23.8 Å². The minimum Gasteiger partial charge on any atom is -0.493 e. The normalized spacial score (nSPS) is 11.1. The number of anilines is 2. The summed E-state index contributed by atoms with van der Waals surface area (Å²) in [6.45, 7) is 13.1. The summed E-state index contributed by atoms with van der Waals surface area (Å²) in [5.74, 6) is 1.15. The van der Waals surface area contributed by atoms with Gasteiger partial charge in [-0.15, -0.1) is 0 Å². The summed E-state index contributed by atoms with van der Waals surface area (Å²) in [6.07, 6.45) is -1.05. The van der Waals surface area contributed by atoms with Crippen LogP contribution < -0.4 is 20.1 Å². The van der Waals surface area contributed by atoms with Crippen molar-refractivity contribution < 1.29 is 41.1 Å². The van der Waals surface area contributed by atoms with Gasteiger partial charge < -0.3 is 18.9 Å². The van der Waals surface area contributed by atoms with Gasteiger partial charge >= 0.3 is 12.2 Å². The van der Waals surface area contributed by atoms with Gasteiger partial charge in [-0.25, -0.2) is 9.59 Å². The van der Waals surface area contributed by atoms with Crippen molar-refractivity contribution in [2.45, 2.75) is 64.6 Å². The van der Waals surface area contributed by atoms with Crippen LogP contribution in [0.2, 0.25) is 0 Å². The van der Waals surface area contributed by atoms with Crippen LogP contribution in [0.15, 0.2) is 82.8 Å². The van der Waals surface area contributed by atoms with Crippen molar-refractivity contribution in [2.24, 2.45) is 5.11 Å². The zero-order chi connectivity index (χ0) is 35.8. The molecule has 0 aliphatic carbocycles. The molecule has 3 rings (SSSR count). The van der Waals surface area contributed by atoms with Crippen LogP contribution in [0.5, 0.6) is 11.5 Å². The molecule has 0 unspecified atom stereocenters. The van der Waals surface area contributed by atoms with Gasteiger partial charge in [0.1, 0.15) is 35.9 Å².